The van der Waals surface area contributed by atoms with Crippen molar-refractivity contribution in [3.05, 3.63) is 35.9 Å². The fourth-order valence-corrected chi connectivity index (χ4v) is 2.08. The first-order chi connectivity index (χ1) is 9.70. The Balaban J connectivity index is 1.85. The van der Waals surface area contributed by atoms with E-state index in [0.29, 0.717) is 26.2 Å². The zero-order valence-electron chi connectivity index (χ0n) is 11.5. The molecule has 1 aliphatic rings. The van der Waals surface area contributed by atoms with Gasteiger partial charge in [0.2, 0.25) is 5.91 Å². The molecule has 108 valence electrons. The van der Waals surface area contributed by atoms with Crippen LogP contribution in [-0.2, 0) is 16.1 Å². The number of hydrogen-bond donors (Lipinski definition) is 2. The van der Waals surface area contributed by atoms with Crippen molar-refractivity contribution in [2.45, 2.75) is 12.6 Å². The second-order valence-electron chi connectivity index (χ2n) is 4.65. The molecular formula is C14H19N3O3. The average Bonchev–Trinajstić information content (AvgIpc) is 2.82. The van der Waals surface area contributed by atoms with Crippen molar-refractivity contribution in [1.82, 2.24) is 15.5 Å². The lowest BCUT2D eigenvalue weighted by atomic mass is 10.2. The van der Waals surface area contributed by atoms with Crippen LogP contribution in [0.4, 0.5) is 4.79 Å². The summed E-state index contributed by atoms with van der Waals surface area (Å²) in [5, 5.41) is 5.41. The molecule has 1 fully saturated rings. The molecule has 0 spiro atoms. The second-order valence-corrected chi connectivity index (χ2v) is 4.65. The Morgan fingerprint density at radius 2 is 2.20 bits per heavy atom. The van der Waals surface area contributed by atoms with Crippen molar-refractivity contribution < 1.29 is 14.3 Å². The number of rotatable bonds is 6. The Morgan fingerprint density at radius 3 is 2.90 bits per heavy atom. The molecule has 1 heterocycles. The molecule has 1 aromatic carbocycles. The van der Waals surface area contributed by atoms with Gasteiger partial charge in [0, 0.05) is 20.2 Å². The topological polar surface area (TPSA) is 70.7 Å². The number of ether oxygens (including phenoxy) is 1. The van der Waals surface area contributed by atoms with Crippen molar-refractivity contribution in [3.8, 4) is 0 Å². The molecule has 0 radical (unpaired) electrons. The van der Waals surface area contributed by atoms with Crippen molar-refractivity contribution in [2.75, 3.05) is 26.8 Å². The number of carbonyl (C=O) groups excluding carboxylic acids is 2. The van der Waals surface area contributed by atoms with Crippen LogP contribution < -0.4 is 10.6 Å². The molecule has 1 aromatic rings. The highest BCUT2D eigenvalue weighted by Crippen LogP contribution is 2.10. The number of hydrogen-bond acceptors (Lipinski definition) is 3. The number of nitrogens with zero attached hydrogens (tertiary/aromatic N) is 1. The summed E-state index contributed by atoms with van der Waals surface area (Å²) in [6, 6.07) is 9.00. The number of benzene rings is 1. The van der Waals surface area contributed by atoms with Crippen LogP contribution in [-0.4, -0.2) is 49.7 Å². The van der Waals surface area contributed by atoms with E-state index in [2.05, 4.69) is 10.6 Å². The number of amides is 3. The van der Waals surface area contributed by atoms with E-state index < -0.39 is 6.04 Å². The first-order valence-corrected chi connectivity index (χ1v) is 6.56. The number of urea groups is 1. The Morgan fingerprint density at radius 1 is 1.45 bits per heavy atom. The third-order valence-corrected chi connectivity index (χ3v) is 3.13. The van der Waals surface area contributed by atoms with Crippen LogP contribution in [0.2, 0.25) is 0 Å². The first-order valence-electron chi connectivity index (χ1n) is 6.56. The zero-order chi connectivity index (χ0) is 14.4. The highest BCUT2D eigenvalue weighted by Gasteiger charge is 2.33. The normalized spacial score (nSPS) is 17.9. The molecule has 6 nitrogen and oxygen atoms in total. The van der Waals surface area contributed by atoms with E-state index in [4.69, 9.17) is 4.74 Å². The molecule has 0 bridgehead atoms. The molecular weight excluding hydrogens is 258 g/mol. The predicted molar refractivity (Wildman–Crippen MR) is 74.1 cm³/mol. The third kappa shape index (κ3) is 3.71. The number of methoxy groups -OCH3 is 1. The van der Waals surface area contributed by atoms with Crippen molar-refractivity contribution >= 4 is 11.9 Å². The van der Waals surface area contributed by atoms with Gasteiger partial charge in [-0.25, -0.2) is 4.79 Å². The smallest absolute Gasteiger partial charge is 0.318 e. The highest BCUT2D eigenvalue weighted by molar-refractivity contribution is 5.90. The number of nitrogens with one attached hydrogen (secondary N) is 2. The first kappa shape index (κ1) is 14.3. The highest BCUT2D eigenvalue weighted by atomic mass is 16.5. The van der Waals surface area contributed by atoms with Gasteiger partial charge in [-0.05, 0) is 5.56 Å². The zero-order valence-corrected chi connectivity index (χ0v) is 11.5. The predicted octanol–water partition coefficient (Wildman–Crippen LogP) is 0.343. The van der Waals surface area contributed by atoms with E-state index in [1.165, 1.54) is 0 Å². The summed E-state index contributed by atoms with van der Waals surface area (Å²) in [6.07, 6.45) is 0. The van der Waals surface area contributed by atoms with Crippen molar-refractivity contribution in [1.29, 1.82) is 0 Å². The van der Waals surface area contributed by atoms with Gasteiger partial charge in [-0.1, -0.05) is 30.3 Å². The van der Waals surface area contributed by atoms with Crippen LogP contribution in [0, 0.1) is 0 Å². The molecule has 20 heavy (non-hydrogen) atoms. The molecule has 1 atom stereocenters. The van der Waals surface area contributed by atoms with E-state index in [1.54, 1.807) is 12.0 Å². The average molecular weight is 277 g/mol. The molecule has 6 heteroatoms. The molecule has 0 aliphatic carbocycles. The van der Waals surface area contributed by atoms with E-state index in [1.807, 2.05) is 30.3 Å². The second kappa shape index (κ2) is 6.91. The van der Waals surface area contributed by atoms with Gasteiger partial charge in [0.05, 0.1) is 13.2 Å². The Bertz CT molecular complexity index is 464. The standard InChI is InChI=1S/C14H19N3O3/c1-20-8-7-15-13(18)12-10-17(14(19)16-12)9-11-5-3-2-4-6-11/h2-6,12H,7-10H2,1H3,(H,15,18)(H,16,19). The quantitative estimate of drug-likeness (QED) is 0.737. The molecule has 3 amide bonds. The Labute approximate surface area is 118 Å². The van der Waals surface area contributed by atoms with Gasteiger partial charge >= 0.3 is 6.03 Å². The summed E-state index contributed by atoms with van der Waals surface area (Å²) in [5.74, 6) is -0.175. The van der Waals surface area contributed by atoms with Crippen LogP contribution in [0.15, 0.2) is 30.3 Å². The maximum absolute atomic E-state index is 11.9. The summed E-state index contributed by atoms with van der Waals surface area (Å²) < 4.78 is 4.86. The Kier molecular flexibility index (Phi) is 4.95. The van der Waals surface area contributed by atoms with Gasteiger partial charge in [0.25, 0.3) is 0 Å². The van der Waals surface area contributed by atoms with Crippen LogP contribution in [0.3, 0.4) is 0 Å². The molecule has 1 saturated heterocycles. The largest absolute Gasteiger partial charge is 0.383 e. The van der Waals surface area contributed by atoms with Crippen molar-refractivity contribution in [2.24, 2.45) is 0 Å². The fourth-order valence-electron chi connectivity index (χ4n) is 2.08. The van der Waals surface area contributed by atoms with E-state index >= 15 is 0 Å². The molecule has 2 N–H and O–H groups in total. The lowest BCUT2D eigenvalue weighted by molar-refractivity contribution is -0.122. The molecule has 1 unspecified atom stereocenters. The lowest BCUT2D eigenvalue weighted by Gasteiger charge is -2.14. The monoisotopic (exact) mass is 277 g/mol. The summed E-state index contributed by atoms with van der Waals surface area (Å²) in [6.45, 7) is 1.79. The van der Waals surface area contributed by atoms with Crippen LogP contribution in [0.5, 0.6) is 0 Å². The van der Waals surface area contributed by atoms with Gasteiger partial charge in [-0.3, -0.25) is 4.79 Å². The minimum Gasteiger partial charge on any atom is -0.383 e. The van der Waals surface area contributed by atoms with Gasteiger partial charge < -0.3 is 20.3 Å². The summed E-state index contributed by atoms with van der Waals surface area (Å²) in [4.78, 5) is 25.3. The minimum absolute atomic E-state index is 0.175. The molecule has 2 rings (SSSR count). The van der Waals surface area contributed by atoms with Gasteiger partial charge in [0.15, 0.2) is 0 Å². The van der Waals surface area contributed by atoms with Crippen LogP contribution in [0.25, 0.3) is 0 Å². The SMILES string of the molecule is COCCNC(=O)C1CN(Cc2ccccc2)C(=O)N1. The van der Waals surface area contributed by atoms with Crippen LogP contribution >= 0.6 is 0 Å². The molecule has 1 aliphatic heterocycles. The summed E-state index contributed by atoms with van der Waals surface area (Å²) in [5.41, 5.74) is 1.04. The maximum atomic E-state index is 11.9. The molecule has 0 aromatic heterocycles. The maximum Gasteiger partial charge on any atom is 0.318 e. The van der Waals surface area contributed by atoms with Crippen LogP contribution in [0.1, 0.15) is 5.56 Å². The van der Waals surface area contributed by atoms with E-state index in [0.717, 1.165) is 5.56 Å². The van der Waals surface area contributed by atoms with Gasteiger partial charge in [-0.2, -0.15) is 0 Å². The van der Waals surface area contributed by atoms with E-state index in [-0.39, 0.29) is 11.9 Å². The summed E-state index contributed by atoms with van der Waals surface area (Å²) >= 11 is 0. The lowest BCUT2D eigenvalue weighted by Crippen LogP contribution is -2.43. The number of carbonyl (C=O) groups is 2. The summed E-state index contributed by atoms with van der Waals surface area (Å²) in [7, 11) is 1.57. The minimum atomic E-state index is -0.497. The van der Waals surface area contributed by atoms with Crippen molar-refractivity contribution in [3.63, 3.8) is 0 Å². The van der Waals surface area contributed by atoms with Gasteiger partial charge in [0.1, 0.15) is 6.04 Å². The Hall–Kier alpha value is -2.08. The van der Waals surface area contributed by atoms with E-state index in [9.17, 15) is 9.59 Å². The fraction of sp³-hybridized carbons (Fsp3) is 0.429. The third-order valence-electron chi connectivity index (χ3n) is 3.13. The van der Waals surface area contributed by atoms with Gasteiger partial charge in [-0.15, -0.1) is 0 Å². The molecule has 0 saturated carbocycles.